The molecule has 0 bridgehead atoms. The summed E-state index contributed by atoms with van der Waals surface area (Å²) in [4.78, 5) is 18.1. The van der Waals surface area contributed by atoms with Gasteiger partial charge in [-0.25, -0.2) is 0 Å². The van der Waals surface area contributed by atoms with E-state index in [1.165, 1.54) is 28.7 Å². The molecule has 0 saturated heterocycles. The van der Waals surface area contributed by atoms with E-state index in [-0.39, 0.29) is 5.56 Å². The highest BCUT2D eigenvalue weighted by Crippen LogP contribution is 2.22. The normalized spacial score (nSPS) is 11.9. The molecule has 2 heterocycles. The van der Waals surface area contributed by atoms with Gasteiger partial charge in [-0.15, -0.1) is 5.10 Å². The fourth-order valence-corrected chi connectivity index (χ4v) is 4.18. The van der Waals surface area contributed by atoms with E-state index in [9.17, 15) is 4.79 Å². The molecule has 0 saturated carbocycles. The molecule has 0 aliphatic rings. The van der Waals surface area contributed by atoms with Gasteiger partial charge >= 0.3 is 0 Å². The second-order valence-corrected chi connectivity index (χ2v) is 8.52. The lowest BCUT2D eigenvalue weighted by Crippen LogP contribution is -2.23. The topological polar surface area (TPSA) is 65.7 Å². The van der Waals surface area contributed by atoms with E-state index in [0.717, 1.165) is 42.1 Å². The van der Waals surface area contributed by atoms with Crippen molar-refractivity contribution in [3.8, 4) is 22.9 Å². The molecule has 4 rings (SSSR count). The molecule has 2 aromatic carbocycles. The van der Waals surface area contributed by atoms with Gasteiger partial charge in [0.2, 0.25) is 4.96 Å². The minimum atomic E-state index is -0.176. The maximum atomic E-state index is 12.9. The fraction of sp³-hybridized carbons (Fsp3) is 0.320. The second kappa shape index (κ2) is 10.4. The van der Waals surface area contributed by atoms with E-state index in [1.807, 2.05) is 54.6 Å². The SMILES string of the molecule is CCCCCOc1ccc(-c2nc3s/c(=C\c4ccccc4OCCC)c(=O)n3n2)cc1. The van der Waals surface area contributed by atoms with Crippen molar-refractivity contribution < 1.29 is 9.47 Å². The first-order valence-electron chi connectivity index (χ1n) is 11.1. The van der Waals surface area contributed by atoms with Crippen molar-refractivity contribution in [1.29, 1.82) is 0 Å². The van der Waals surface area contributed by atoms with E-state index >= 15 is 0 Å². The van der Waals surface area contributed by atoms with Crippen LogP contribution in [0.1, 0.15) is 45.1 Å². The highest BCUT2D eigenvalue weighted by Gasteiger charge is 2.12. The van der Waals surface area contributed by atoms with Crippen LogP contribution in [0.25, 0.3) is 22.4 Å². The average molecular weight is 450 g/mol. The van der Waals surface area contributed by atoms with Crippen LogP contribution in [0, 0.1) is 0 Å². The van der Waals surface area contributed by atoms with Crippen molar-refractivity contribution in [3.63, 3.8) is 0 Å². The smallest absolute Gasteiger partial charge is 0.291 e. The lowest BCUT2D eigenvalue weighted by molar-refractivity contribution is 0.306. The molecule has 0 radical (unpaired) electrons. The molecule has 0 amide bonds. The number of nitrogens with zero attached hydrogens (tertiary/aromatic N) is 3. The Morgan fingerprint density at radius 1 is 0.969 bits per heavy atom. The molecule has 6 nitrogen and oxygen atoms in total. The van der Waals surface area contributed by atoms with Gasteiger partial charge in [0.1, 0.15) is 11.5 Å². The van der Waals surface area contributed by atoms with Crippen LogP contribution < -0.4 is 19.6 Å². The zero-order valence-corrected chi connectivity index (χ0v) is 19.2. The Balaban J connectivity index is 1.56. The minimum absolute atomic E-state index is 0.176. The molecule has 0 fully saturated rings. The van der Waals surface area contributed by atoms with Crippen molar-refractivity contribution >= 4 is 22.4 Å². The van der Waals surface area contributed by atoms with Gasteiger partial charge < -0.3 is 9.47 Å². The zero-order chi connectivity index (χ0) is 22.3. The first-order valence-corrected chi connectivity index (χ1v) is 11.9. The molecule has 0 spiro atoms. The molecule has 0 atom stereocenters. The predicted octanol–water partition coefficient (Wildman–Crippen LogP) is 4.72. The van der Waals surface area contributed by atoms with Crippen molar-refractivity contribution in [3.05, 3.63) is 69.0 Å². The average Bonchev–Trinajstić information content (AvgIpc) is 3.36. The molecular weight excluding hydrogens is 422 g/mol. The minimum Gasteiger partial charge on any atom is -0.494 e. The van der Waals surface area contributed by atoms with Crippen LogP contribution in [-0.4, -0.2) is 27.8 Å². The van der Waals surface area contributed by atoms with Gasteiger partial charge in [-0.3, -0.25) is 4.79 Å². The van der Waals surface area contributed by atoms with Crippen molar-refractivity contribution in [1.82, 2.24) is 14.6 Å². The molecule has 7 heteroatoms. The maximum absolute atomic E-state index is 12.9. The summed E-state index contributed by atoms with van der Waals surface area (Å²) in [5.74, 6) is 2.13. The number of unbranched alkanes of at least 4 members (excludes halogenated alkanes) is 2. The molecule has 2 aromatic heterocycles. The highest BCUT2D eigenvalue weighted by atomic mass is 32.1. The number of fused-ring (bicyclic) bond motifs is 1. The van der Waals surface area contributed by atoms with Crippen LogP contribution in [0.5, 0.6) is 11.5 Å². The number of hydrogen-bond donors (Lipinski definition) is 0. The Hall–Kier alpha value is -3.19. The summed E-state index contributed by atoms with van der Waals surface area (Å²) in [6.45, 7) is 5.59. The zero-order valence-electron chi connectivity index (χ0n) is 18.4. The number of rotatable bonds is 10. The third-order valence-electron chi connectivity index (χ3n) is 4.98. The molecular formula is C25H27N3O3S. The van der Waals surface area contributed by atoms with Crippen molar-refractivity contribution in [2.24, 2.45) is 0 Å². The number of para-hydroxylation sites is 1. The van der Waals surface area contributed by atoms with Crippen molar-refractivity contribution in [2.75, 3.05) is 13.2 Å². The largest absolute Gasteiger partial charge is 0.494 e. The Morgan fingerprint density at radius 2 is 1.78 bits per heavy atom. The summed E-state index contributed by atoms with van der Waals surface area (Å²) in [6, 6.07) is 15.4. The van der Waals surface area contributed by atoms with Crippen LogP contribution in [-0.2, 0) is 0 Å². The Labute approximate surface area is 191 Å². The Morgan fingerprint density at radius 3 is 2.53 bits per heavy atom. The quantitative estimate of drug-likeness (QED) is 0.328. The van der Waals surface area contributed by atoms with Gasteiger partial charge in [0.25, 0.3) is 5.56 Å². The first-order chi connectivity index (χ1) is 15.7. The van der Waals surface area contributed by atoms with E-state index < -0.39 is 0 Å². The van der Waals surface area contributed by atoms with E-state index in [1.54, 1.807) is 0 Å². The molecule has 4 aromatic rings. The summed E-state index contributed by atoms with van der Waals surface area (Å²) in [7, 11) is 0. The standard InChI is InChI=1S/C25H27N3O3S/c1-3-5-8-16-30-20-13-11-18(12-14-20)23-26-25-28(27-23)24(29)22(32-25)17-19-9-6-7-10-21(19)31-15-4-2/h6-7,9-14,17H,3-5,8,15-16H2,1-2H3/b22-17-. The number of aromatic nitrogens is 3. The molecule has 0 aliphatic carbocycles. The molecule has 166 valence electrons. The Bertz CT molecular complexity index is 1280. The predicted molar refractivity (Wildman–Crippen MR) is 129 cm³/mol. The van der Waals surface area contributed by atoms with Crippen LogP contribution in [0.2, 0.25) is 0 Å². The second-order valence-electron chi connectivity index (χ2n) is 7.51. The summed E-state index contributed by atoms with van der Waals surface area (Å²) in [5, 5.41) is 4.44. The van der Waals surface area contributed by atoms with Crippen LogP contribution in [0.4, 0.5) is 0 Å². The number of hydrogen-bond acceptors (Lipinski definition) is 6. The van der Waals surface area contributed by atoms with Gasteiger partial charge in [-0.1, -0.05) is 56.2 Å². The first kappa shape index (κ1) is 22.0. The monoisotopic (exact) mass is 449 g/mol. The van der Waals surface area contributed by atoms with Crippen molar-refractivity contribution in [2.45, 2.75) is 39.5 Å². The fourth-order valence-electron chi connectivity index (χ4n) is 3.28. The highest BCUT2D eigenvalue weighted by molar-refractivity contribution is 7.15. The number of ether oxygens (including phenoxy) is 2. The van der Waals surface area contributed by atoms with Gasteiger partial charge in [0.15, 0.2) is 5.82 Å². The molecule has 0 aliphatic heterocycles. The van der Waals surface area contributed by atoms with Crippen LogP contribution in [0.3, 0.4) is 0 Å². The number of thiazole rings is 1. The van der Waals surface area contributed by atoms with E-state index in [2.05, 4.69) is 23.9 Å². The van der Waals surface area contributed by atoms with Gasteiger partial charge in [-0.05, 0) is 49.2 Å². The summed E-state index contributed by atoms with van der Waals surface area (Å²) < 4.78 is 13.5. The van der Waals surface area contributed by atoms with Gasteiger partial charge in [0, 0.05) is 11.1 Å². The van der Waals surface area contributed by atoms with E-state index in [4.69, 9.17) is 9.47 Å². The molecule has 32 heavy (non-hydrogen) atoms. The molecule has 0 unspecified atom stereocenters. The Kier molecular flexibility index (Phi) is 7.17. The van der Waals surface area contributed by atoms with E-state index in [0.29, 0.717) is 21.9 Å². The van der Waals surface area contributed by atoms with Crippen LogP contribution >= 0.6 is 11.3 Å². The maximum Gasteiger partial charge on any atom is 0.291 e. The summed E-state index contributed by atoms with van der Waals surface area (Å²) >= 11 is 1.33. The summed E-state index contributed by atoms with van der Waals surface area (Å²) in [6.07, 6.45) is 6.16. The lowest BCUT2D eigenvalue weighted by Gasteiger charge is -2.07. The number of benzene rings is 2. The lowest BCUT2D eigenvalue weighted by atomic mass is 10.2. The summed E-state index contributed by atoms with van der Waals surface area (Å²) in [5.41, 5.74) is 1.55. The van der Waals surface area contributed by atoms with Crippen LogP contribution in [0.15, 0.2) is 53.3 Å². The molecule has 0 N–H and O–H groups in total. The third kappa shape index (κ3) is 4.99. The van der Waals surface area contributed by atoms with Gasteiger partial charge in [-0.2, -0.15) is 9.50 Å². The van der Waals surface area contributed by atoms with Gasteiger partial charge in [0.05, 0.1) is 17.7 Å². The third-order valence-corrected chi connectivity index (χ3v) is 5.94.